The van der Waals surface area contributed by atoms with Crippen LogP contribution in [-0.2, 0) is 4.79 Å². The highest BCUT2D eigenvalue weighted by Gasteiger charge is 2.22. The Balaban J connectivity index is 3.03. The maximum atomic E-state index is 12.4. The molecule has 0 radical (unpaired) electrons. The molecule has 0 spiro atoms. The number of benzene rings is 1. The molecule has 0 aliphatic rings. The average molecular weight is 335 g/mol. The first-order chi connectivity index (χ1) is 11.4. The fraction of sp³-hybridized carbons (Fsp3) is 0.650. The summed E-state index contributed by atoms with van der Waals surface area (Å²) in [5.41, 5.74) is 1.05. The molecule has 0 aromatic heterocycles. The van der Waals surface area contributed by atoms with Gasteiger partial charge in [0, 0.05) is 5.92 Å². The molecule has 2 unspecified atom stereocenters. The van der Waals surface area contributed by atoms with Crippen LogP contribution >= 0.6 is 0 Å². The molecular weight excluding hydrogens is 302 g/mol. The predicted molar refractivity (Wildman–Crippen MR) is 98.6 cm³/mol. The van der Waals surface area contributed by atoms with E-state index in [0.717, 1.165) is 29.9 Å². The Morgan fingerprint density at radius 3 is 2.21 bits per heavy atom. The van der Waals surface area contributed by atoms with Gasteiger partial charge in [0.05, 0.1) is 19.3 Å². The second-order valence-corrected chi connectivity index (χ2v) is 6.49. The first-order valence-electron chi connectivity index (χ1n) is 9.14. The lowest BCUT2D eigenvalue weighted by Crippen LogP contribution is -2.35. The second-order valence-electron chi connectivity index (χ2n) is 6.49. The summed E-state index contributed by atoms with van der Waals surface area (Å²) in [7, 11) is 0. The fourth-order valence-corrected chi connectivity index (χ4v) is 2.76. The largest absolute Gasteiger partial charge is 0.490 e. The van der Waals surface area contributed by atoms with Crippen molar-refractivity contribution in [2.45, 2.75) is 60.4 Å². The molecule has 2 atom stereocenters. The SMILES string of the molecule is CCCC(C)C(=O)NC(c1ccc(OCC)c(OCC)c1)C(C)C. The average Bonchev–Trinajstić information content (AvgIpc) is 2.54. The van der Waals surface area contributed by atoms with Crippen molar-refractivity contribution in [3.05, 3.63) is 23.8 Å². The van der Waals surface area contributed by atoms with E-state index in [-0.39, 0.29) is 23.8 Å². The van der Waals surface area contributed by atoms with Crippen LogP contribution in [0.25, 0.3) is 0 Å². The third kappa shape index (κ3) is 5.73. The summed E-state index contributed by atoms with van der Waals surface area (Å²) in [6, 6.07) is 5.90. The zero-order chi connectivity index (χ0) is 18.1. The number of carbonyl (C=O) groups is 1. The van der Waals surface area contributed by atoms with Gasteiger partial charge in [-0.05, 0) is 43.9 Å². The Bertz CT molecular complexity index is 514. The Kier molecular flexibility index (Phi) is 8.66. The van der Waals surface area contributed by atoms with Crippen LogP contribution < -0.4 is 14.8 Å². The molecule has 24 heavy (non-hydrogen) atoms. The molecule has 4 nitrogen and oxygen atoms in total. The van der Waals surface area contributed by atoms with Gasteiger partial charge in [0.25, 0.3) is 0 Å². The van der Waals surface area contributed by atoms with Crippen LogP contribution in [0.1, 0.15) is 66.0 Å². The Morgan fingerprint density at radius 1 is 1.04 bits per heavy atom. The van der Waals surface area contributed by atoms with E-state index in [1.54, 1.807) is 0 Å². The van der Waals surface area contributed by atoms with Crippen LogP contribution in [0.5, 0.6) is 11.5 Å². The highest BCUT2D eigenvalue weighted by molar-refractivity contribution is 5.78. The zero-order valence-electron chi connectivity index (χ0n) is 16.0. The van der Waals surface area contributed by atoms with Crippen LogP contribution in [0.3, 0.4) is 0 Å². The van der Waals surface area contributed by atoms with E-state index in [2.05, 4.69) is 26.1 Å². The van der Waals surface area contributed by atoms with E-state index in [0.29, 0.717) is 13.2 Å². The molecule has 1 rings (SSSR count). The van der Waals surface area contributed by atoms with Gasteiger partial charge in [0.2, 0.25) is 5.91 Å². The van der Waals surface area contributed by atoms with Crippen molar-refractivity contribution >= 4 is 5.91 Å². The lowest BCUT2D eigenvalue weighted by Gasteiger charge is -2.25. The number of hydrogen-bond acceptors (Lipinski definition) is 3. The van der Waals surface area contributed by atoms with Gasteiger partial charge in [-0.25, -0.2) is 0 Å². The lowest BCUT2D eigenvalue weighted by atomic mass is 9.94. The van der Waals surface area contributed by atoms with Crippen molar-refractivity contribution in [3.63, 3.8) is 0 Å². The Hall–Kier alpha value is -1.71. The number of amides is 1. The fourth-order valence-electron chi connectivity index (χ4n) is 2.76. The van der Waals surface area contributed by atoms with Crippen molar-refractivity contribution in [2.75, 3.05) is 13.2 Å². The minimum Gasteiger partial charge on any atom is -0.490 e. The van der Waals surface area contributed by atoms with E-state index in [1.165, 1.54) is 0 Å². The van der Waals surface area contributed by atoms with Crippen molar-refractivity contribution in [1.82, 2.24) is 5.32 Å². The van der Waals surface area contributed by atoms with Crippen molar-refractivity contribution in [3.8, 4) is 11.5 Å². The molecule has 1 aromatic carbocycles. The van der Waals surface area contributed by atoms with Gasteiger partial charge in [-0.15, -0.1) is 0 Å². The molecule has 0 aliphatic heterocycles. The topological polar surface area (TPSA) is 47.6 Å². The lowest BCUT2D eigenvalue weighted by molar-refractivity contribution is -0.125. The molecule has 1 amide bonds. The van der Waals surface area contributed by atoms with E-state index in [1.807, 2.05) is 39.0 Å². The molecule has 0 aliphatic carbocycles. The molecule has 0 heterocycles. The quantitative estimate of drug-likeness (QED) is 0.672. The summed E-state index contributed by atoms with van der Waals surface area (Å²) in [6.07, 6.45) is 1.92. The number of hydrogen-bond donors (Lipinski definition) is 1. The summed E-state index contributed by atoms with van der Waals surface area (Å²) in [5, 5.41) is 3.20. The first-order valence-corrected chi connectivity index (χ1v) is 9.14. The van der Waals surface area contributed by atoms with E-state index in [4.69, 9.17) is 9.47 Å². The summed E-state index contributed by atoms with van der Waals surface area (Å²) in [6.45, 7) is 13.4. The highest BCUT2D eigenvalue weighted by Crippen LogP contribution is 2.33. The molecule has 0 saturated heterocycles. The highest BCUT2D eigenvalue weighted by atomic mass is 16.5. The number of ether oxygens (including phenoxy) is 2. The van der Waals surface area contributed by atoms with Gasteiger partial charge in [-0.2, -0.15) is 0 Å². The van der Waals surface area contributed by atoms with Gasteiger partial charge in [0.15, 0.2) is 11.5 Å². The molecule has 136 valence electrons. The van der Waals surface area contributed by atoms with Crippen LogP contribution in [0.15, 0.2) is 18.2 Å². The van der Waals surface area contributed by atoms with Crippen LogP contribution in [0, 0.1) is 11.8 Å². The predicted octanol–water partition coefficient (Wildman–Crippen LogP) is 4.73. The standard InChI is InChI=1S/C20H33NO3/c1-7-10-15(6)20(22)21-19(14(4)5)16-11-12-17(23-8-2)18(13-16)24-9-3/h11-15,19H,7-10H2,1-6H3,(H,21,22). The van der Waals surface area contributed by atoms with Gasteiger partial charge in [0.1, 0.15) is 0 Å². The second kappa shape index (κ2) is 10.2. The third-order valence-electron chi connectivity index (χ3n) is 4.06. The van der Waals surface area contributed by atoms with Gasteiger partial charge >= 0.3 is 0 Å². The smallest absolute Gasteiger partial charge is 0.223 e. The van der Waals surface area contributed by atoms with Crippen LogP contribution in [0.4, 0.5) is 0 Å². The number of nitrogens with one attached hydrogen (secondary N) is 1. The minimum absolute atomic E-state index is 0.0327. The van der Waals surface area contributed by atoms with E-state index >= 15 is 0 Å². The molecule has 0 saturated carbocycles. The maximum Gasteiger partial charge on any atom is 0.223 e. The number of rotatable bonds is 10. The molecule has 0 fully saturated rings. The van der Waals surface area contributed by atoms with Crippen LogP contribution in [-0.4, -0.2) is 19.1 Å². The molecule has 0 bridgehead atoms. The Labute approximate surface area is 146 Å². The zero-order valence-corrected chi connectivity index (χ0v) is 16.0. The van der Waals surface area contributed by atoms with E-state index < -0.39 is 0 Å². The monoisotopic (exact) mass is 335 g/mol. The molecular formula is C20H33NO3. The number of carbonyl (C=O) groups excluding carboxylic acids is 1. The summed E-state index contributed by atoms with van der Waals surface area (Å²) >= 11 is 0. The summed E-state index contributed by atoms with van der Waals surface area (Å²) < 4.78 is 11.3. The van der Waals surface area contributed by atoms with Crippen molar-refractivity contribution in [1.29, 1.82) is 0 Å². The summed E-state index contributed by atoms with van der Waals surface area (Å²) in [5.74, 6) is 1.91. The normalized spacial score (nSPS) is 13.5. The maximum absolute atomic E-state index is 12.4. The van der Waals surface area contributed by atoms with E-state index in [9.17, 15) is 4.79 Å². The van der Waals surface area contributed by atoms with Crippen LogP contribution in [0.2, 0.25) is 0 Å². The molecule has 1 N–H and O–H groups in total. The third-order valence-corrected chi connectivity index (χ3v) is 4.06. The van der Waals surface area contributed by atoms with Crippen molar-refractivity contribution in [2.24, 2.45) is 11.8 Å². The molecule has 4 heteroatoms. The first kappa shape index (κ1) is 20.3. The van der Waals surface area contributed by atoms with Gasteiger partial charge < -0.3 is 14.8 Å². The minimum atomic E-state index is -0.0355. The van der Waals surface area contributed by atoms with Gasteiger partial charge in [-0.1, -0.05) is 40.2 Å². The molecule has 1 aromatic rings. The van der Waals surface area contributed by atoms with Crippen molar-refractivity contribution < 1.29 is 14.3 Å². The van der Waals surface area contributed by atoms with Gasteiger partial charge in [-0.3, -0.25) is 4.79 Å². The summed E-state index contributed by atoms with van der Waals surface area (Å²) in [4.78, 5) is 12.4. The Morgan fingerprint density at radius 2 is 1.67 bits per heavy atom.